The summed E-state index contributed by atoms with van der Waals surface area (Å²) in [6, 6.07) is 7.69. The summed E-state index contributed by atoms with van der Waals surface area (Å²) < 4.78 is 23.0. The van der Waals surface area contributed by atoms with Crippen LogP contribution in [0, 0.1) is 6.92 Å². The van der Waals surface area contributed by atoms with Crippen molar-refractivity contribution >= 4 is 10.8 Å². The number of hydrogen-bond acceptors (Lipinski definition) is 3. The molecule has 0 aliphatic rings. The average molecular weight is 256 g/mol. The van der Waals surface area contributed by atoms with Gasteiger partial charge in [-0.3, -0.25) is 4.21 Å². The molecule has 0 spiro atoms. The molecule has 17 heavy (non-hydrogen) atoms. The van der Waals surface area contributed by atoms with E-state index in [1.165, 1.54) is 0 Å². The van der Waals surface area contributed by atoms with E-state index in [9.17, 15) is 4.21 Å². The summed E-state index contributed by atoms with van der Waals surface area (Å²) >= 11 is 0. The van der Waals surface area contributed by atoms with Crippen LogP contribution in [0.25, 0.3) is 0 Å². The molecule has 0 aromatic heterocycles. The molecule has 0 fully saturated rings. The molecule has 0 heterocycles. The molecule has 0 N–H and O–H groups in total. The summed E-state index contributed by atoms with van der Waals surface area (Å²) in [7, 11) is -1.08. The van der Waals surface area contributed by atoms with Gasteiger partial charge in [0.25, 0.3) is 0 Å². The zero-order valence-corrected chi connectivity index (χ0v) is 11.5. The second kappa shape index (κ2) is 7.58. The highest BCUT2D eigenvalue weighted by Gasteiger charge is 2.15. The maximum atomic E-state index is 12.2. The zero-order chi connectivity index (χ0) is 12.7. The van der Waals surface area contributed by atoms with Crippen LogP contribution in [0.4, 0.5) is 0 Å². The van der Waals surface area contributed by atoms with E-state index in [1.54, 1.807) is 0 Å². The van der Waals surface area contributed by atoms with Gasteiger partial charge in [-0.25, -0.2) is 0 Å². The molecule has 0 radical (unpaired) electrons. The van der Waals surface area contributed by atoms with Gasteiger partial charge in [0.2, 0.25) is 0 Å². The summed E-state index contributed by atoms with van der Waals surface area (Å²) in [6.07, 6.45) is -0.384. The molecule has 0 aliphatic carbocycles. The smallest absolute Gasteiger partial charge is 0.169 e. The van der Waals surface area contributed by atoms with Gasteiger partial charge >= 0.3 is 0 Å². The van der Waals surface area contributed by atoms with E-state index in [4.69, 9.17) is 9.47 Å². The standard InChI is InChI=1S/C13H20O3S/c1-4-15-13(16-5-2)10-17(14)12-9-7-6-8-11(12)3/h6-9,13H,4-5,10H2,1-3H3. The molecular formula is C13H20O3S. The molecule has 0 saturated heterocycles. The Labute approximate surface area is 106 Å². The first-order valence-electron chi connectivity index (χ1n) is 5.86. The van der Waals surface area contributed by atoms with Crippen LogP contribution in [0.15, 0.2) is 29.2 Å². The molecule has 3 nitrogen and oxygen atoms in total. The normalized spacial score (nSPS) is 12.9. The van der Waals surface area contributed by atoms with Crippen molar-refractivity contribution in [1.82, 2.24) is 0 Å². The highest BCUT2D eigenvalue weighted by molar-refractivity contribution is 7.85. The van der Waals surface area contributed by atoms with Crippen LogP contribution < -0.4 is 0 Å². The van der Waals surface area contributed by atoms with E-state index in [0.717, 1.165) is 10.5 Å². The van der Waals surface area contributed by atoms with Gasteiger partial charge in [0, 0.05) is 18.1 Å². The summed E-state index contributed by atoms with van der Waals surface area (Å²) in [5.74, 6) is 0.381. The summed E-state index contributed by atoms with van der Waals surface area (Å²) in [5, 5.41) is 0. The number of rotatable bonds is 7. The lowest BCUT2D eigenvalue weighted by Crippen LogP contribution is -2.24. The molecule has 1 rings (SSSR count). The van der Waals surface area contributed by atoms with E-state index in [0.29, 0.717) is 19.0 Å². The van der Waals surface area contributed by atoms with Crippen molar-refractivity contribution in [3.8, 4) is 0 Å². The Bertz CT molecular complexity index is 359. The van der Waals surface area contributed by atoms with Crippen LogP contribution in [0.1, 0.15) is 19.4 Å². The Balaban J connectivity index is 2.67. The first kappa shape index (κ1) is 14.4. The van der Waals surface area contributed by atoms with Gasteiger partial charge in [-0.05, 0) is 32.4 Å². The van der Waals surface area contributed by atoms with Gasteiger partial charge in [-0.15, -0.1) is 0 Å². The van der Waals surface area contributed by atoms with Crippen molar-refractivity contribution in [1.29, 1.82) is 0 Å². The Hall–Kier alpha value is -0.710. The van der Waals surface area contributed by atoms with Crippen molar-refractivity contribution in [2.75, 3.05) is 19.0 Å². The molecule has 96 valence electrons. The third-order valence-electron chi connectivity index (χ3n) is 2.33. The van der Waals surface area contributed by atoms with Crippen molar-refractivity contribution in [3.05, 3.63) is 29.8 Å². The van der Waals surface area contributed by atoms with Crippen LogP contribution in [0.2, 0.25) is 0 Å². The minimum atomic E-state index is -1.08. The van der Waals surface area contributed by atoms with E-state index >= 15 is 0 Å². The number of aryl methyl sites for hydroxylation is 1. The molecule has 1 unspecified atom stereocenters. The fourth-order valence-electron chi connectivity index (χ4n) is 1.54. The molecule has 1 atom stereocenters. The van der Waals surface area contributed by atoms with Crippen molar-refractivity contribution in [3.63, 3.8) is 0 Å². The van der Waals surface area contributed by atoms with Crippen LogP contribution in [0.3, 0.4) is 0 Å². The predicted molar refractivity (Wildman–Crippen MR) is 69.5 cm³/mol. The monoisotopic (exact) mass is 256 g/mol. The van der Waals surface area contributed by atoms with Gasteiger partial charge < -0.3 is 9.47 Å². The predicted octanol–water partition coefficient (Wildman–Crippen LogP) is 2.50. The van der Waals surface area contributed by atoms with Crippen LogP contribution in [-0.2, 0) is 20.3 Å². The van der Waals surface area contributed by atoms with Crippen LogP contribution in [-0.4, -0.2) is 29.5 Å². The largest absolute Gasteiger partial charge is 0.352 e. The van der Waals surface area contributed by atoms with E-state index < -0.39 is 10.8 Å². The quantitative estimate of drug-likeness (QED) is 0.703. The highest BCUT2D eigenvalue weighted by atomic mass is 32.2. The fourth-order valence-corrected chi connectivity index (χ4v) is 2.82. The molecular weight excluding hydrogens is 236 g/mol. The van der Waals surface area contributed by atoms with E-state index in [2.05, 4.69) is 0 Å². The highest BCUT2D eigenvalue weighted by Crippen LogP contribution is 2.14. The zero-order valence-electron chi connectivity index (χ0n) is 10.6. The SMILES string of the molecule is CCOC(CS(=O)c1ccccc1C)OCC. The fraction of sp³-hybridized carbons (Fsp3) is 0.538. The minimum absolute atomic E-state index is 0.381. The first-order chi connectivity index (χ1) is 8.19. The third-order valence-corrected chi connectivity index (χ3v) is 3.85. The van der Waals surface area contributed by atoms with E-state index in [-0.39, 0.29) is 6.29 Å². The second-order valence-electron chi connectivity index (χ2n) is 3.62. The van der Waals surface area contributed by atoms with E-state index in [1.807, 2.05) is 45.0 Å². The van der Waals surface area contributed by atoms with Crippen LogP contribution in [0.5, 0.6) is 0 Å². The average Bonchev–Trinajstić information content (AvgIpc) is 2.30. The van der Waals surface area contributed by atoms with Gasteiger partial charge in [-0.2, -0.15) is 0 Å². The lowest BCUT2D eigenvalue weighted by molar-refractivity contribution is -0.120. The Kier molecular flexibility index (Phi) is 6.40. The number of hydrogen-bond donors (Lipinski definition) is 0. The molecule has 0 saturated carbocycles. The second-order valence-corrected chi connectivity index (χ2v) is 5.08. The van der Waals surface area contributed by atoms with Gasteiger partial charge in [0.05, 0.1) is 16.6 Å². The number of benzene rings is 1. The number of ether oxygens (including phenoxy) is 2. The maximum Gasteiger partial charge on any atom is 0.169 e. The third kappa shape index (κ3) is 4.58. The Morgan fingerprint density at radius 3 is 2.29 bits per heavy atom. The van der Waals surface area contributed by atoms with Crippen LogP contribution >= 0.6 is 0 Å². The summed E-state index contributed by atoms with van der Waals surface area (Å²) in [6.45, 7) is 6.90. The summed E-state index contributed by atoms with van der Waals surface area (Å²) in [4.78, 5) is 0.858. The molecule has 0 bridgehead atoms. The van der Waals surface area contributed by atoms with Crippen molar-refractivity contribution in [2.24, 2.45) is 0 Å². The minimum Gasteiger partial charge on any atom is -0.352 e. The topological polar surface area (TPSA) is 35.5 Å². The molecule has 4 heteroatoms. The molecule has 0 amide bonds. The first-order valence-corrected chi connectivity index (χ1v) is 7.18. The van der Waals surface area contributed by atoms with Crippen molar-refractivity contribution in [2.45, 2.75) is 32.0 Å². The van der Waals surface area contributed by atoms with Gasteiger partial charge in [0.15, 0.2) is 6.29 Å². The molecule has 1 aromatic rings. The maximum absolute atomic E-state index is 12.2. The molecule has 1 aromatic carbocycles. The lowest BCUT2D eigenvalue weighted by Gasteiger charge is -2.16. The Morgan fingerprint density at radius 2 is 1.76 bits per heavy atom. The summed E-state index contributed by atoms with van der Waals surface area (Å²) in [5.41, 5.74) is 1.04. The lowest BCUT2D eigenvalue weighted by atomic mass is 10.2. The van der Waals surface area contributed by atoms with Gasteiger partial charge in [-0.1, -0.05) is 18.2 Å². The van der Waals surface area contributed by atoms with Gasteiger partial charge in [0.1, 0.15) is 0 Å². The Morgan fingerprint density at radius 1 is 1.18 bits per heavy atom. The molecule has 0 aliphatic heterocycles. The van der Waals surface area contributed by atoms with Crippen molar-refractivity contribution < 1.29 is 13.7 Å².